The molecule has 1 aliphatic rings. The molecule has 0 bridgehead atoms. The van der Waals surface area contributed by atoms with Crippen molar-refractivity contribution in [3.63, 3.8) is 0 Å². The fraction of sp³-hybridized carbons (Fsp3) is 0.571. The third kappa shape index (κ3) is 4.26. The van der Waals surface area contributed by atoms with Gasteiger partial charge in [-0.1, -0.05) is 6.92 Å². The first-order valence-electron chi connectivity index (χ1n) is 6.44. The highest BCUT2D eigenvalue weighted by molar-refractivity contribution is 7.99. The van der Waals surface area contributed by atoms with Gasteiger partial charge in [0.2, 0.25) is 0 Å². The summed E-state index contributed by atoms with van der Waals surface area (Å²) in [4.78, 5) is 1.12. The van der Waals surface area contributed by atoms with Crippen molar-refractivity contribution in [1.82, 2.24) is 5.32 Å². The van der Waals surface area contributed by atoms with E-state index < -0.39 is 0 Å². The van der Waals surface area contributed by atoms with Crippen LogP contribution in [-0.2, 0) is 6.54 Å². The number of aliphatic hydroxyl groups excluding tert-OH is 1. The molecule has 1 aromatic rings. The van der Waals surface area contributed by atoms with E-state index in [0.717, 1.165) is 22.8 Å². The van der Waals surface area contributed by atoms with Crippen molar-refractivity contribution >= 4 is 11.8 Å². The standard InChI is InChI=1S/C14H20FNOS/c1-10(8-17)9-18-14-5-2-12(15)6-11(14)7-16-13-3-4-13/h2,5-6,10,13,16-17H,3-4,7-9H2,1H3. The highest BCUT2D eigenvalue weighted by Gasteiger charge is 2.20. The molecule has 100 valence electrons. The maximum absolute atomic E-state index is 13.3. The van der Waals surface area contributed by atoms with Crippen molar-refractivity contribution < 1.29 is 9.50 Å². The maximum atomic E-state index is 13.3. The van der Waals surface area contributed by atoms with Gasteiger partial charge in [0.25, 0.3) is 0 Å². The molecule has 2 nitrogen and oxygen atoms in total. The van der Waals surface area contributed by atoms with Crippen LogP contribution in [-0.4, -0.2) is 23.5 Å². The molecule has 0 saturated heterocycles. The Labute approximate surface area is 112 Å². The monoisotopic (exact) mass is 269 g/mol. The van der Waals surface area contributed by atoms with E-state index in [9.17, 15) is 4.39 Å². The molecule has 1 unspecified atom stereocenters. The van der Waals surface area contributed by atoms with E-state index in [2.05, 4.69) is 5.32 Å². The molecule has 0 spiro atoms. The van der Waals surface area contributed by atoms with Crippen LogP contribution >= 0.6 is 11.8 Å². The van der Waals surface area contributed by atoms with Crippen LogP contribution < -0.4 is 5.32 Å². The quantitative estimate of drug-likeness (QED) is 0.747. The molecular weight excluding hydrogens is 249 g/mol. The van der Waals surface area contributed by atoms with E-state index in [1.54, 1.807) is 17.8 Å². The van der Waals surface area contributed by atoms with Gasteiger partial charge < -0.3 is 10.4 Å². The molecule has 0 amide bonds. The fourth-order valence-corrected chi connectivity index (χ4v) is 2.70. The smallest absolute Gasteiger partial charge is 0.123 e. The van der Waals surface area contributed by atoms with Crippen molar-refractivity contribution in [2.75, 3.05) is 12.4 Å². The molecule has 2 rings (SSSR count). The number of aliphatic hydroxyl groups is 1. The highest BCUT2D eigenvalue weighted by atomic mass is 32.2. The number of thioether (sulfide) groups is 1. The second-order valence-corrected chi connectivity index (χ2v) is 6.07. The Balaban J connectivity index is 1.97. The van der Waals surface area contributed by atoms with E-state index in [0.29, 0.717) is 6.04 Å². The lowest BCUT2D eigenvalue weighted by atomic mass is 10.2. The summed E-state index contributed by atoms with van der Waals surface area (Å²) in [5.74, 6) is 0.949. The van der Waals surface area contributed by atoms with Crippen molar-refractivity contribution in [2.24, 2.45) is 5.92 Å². The summed E-state index contributed by atoms with van der Waals surface area (Å²) in [6, 6.07) is 5.59. The van der Waals surface area contributed by atoms with E-state index in [1.807, 2.05) is 13.0 Å². The Morgan fingerprint density at radius 1 is 1.50 bits per heavy atom. The Kier molecular flexibility index (Phi) is 5.03. The zero-order valence-electron chi connectivity index (χ0n) is 10.7. The van der Waals surface area contributed by atoms with Gasteiger partial charge in [0.1, 0.15) is 5.82 Å². The van der Waals surface area contributed by atoms with Gasteiger partial charge in [-0.2, -0.15) is 0 Å². The summed E-state index contributed by atoms with van der Waals surface area (Å²) >= 11 is 1.69. The van der Waals surface area contributed by atoms with E-state index >= 15 is 0 Å². The Bertz CT molecular complexity index is 395. The average Bonchev–Trinajstić information content (AvgIpc) is 3.18. The molecule has 0 aliphatic heterocycles. The Hall–Kier alpha value is -0.580. The topological polar surface area (TPSA) is 32.3 Å². The molecule has 1 atom stereocenters. The number of benzene rings is 1. The maximum Gasteiger partial charge on any atom is 0.123 e. The normalized spacial score (nSPS) is 16.8. The molecule has 1 aromatic carbocycles. The summed E-state index contributed by atoms with van der Waals surface area (Å²) < 4.78 is 13.3. The lowest BCUT2D eigenvalue weighted by Crippen LogP contribution is -2.16. The molecule has 1 aliphatic carbocycles. The fourth-order valence-electron chi connectivity index (χ4n) is 1.65. The van der Waals surface area contributed by atoms with Gasteiger partial charge in [-0.05, 0) is 42.5 Å². The van der Waals surface area contributed by atoms with Crippen LogP contribution in [0.5, 0.6) is 0 Å². The van der Waals surface area contributed by atoms with Gasteiger partial charge in [-0.25, -0.2) is 4.39 Å². The van der Waals surface area contributed by atoms with E-state index in [-0.39, 0.29) is 18.3 Å². The Morgan fingerprint density at radius 2 is 2.28 bits per heavy atom. The second kappa shape index (κ2) is 6.55. The summed E-state index contributed by atoms with van der Waals surface area (Å²) in [5, 5.41) is 12.4. The third-order valence-corrected chi connectivity index (χ3v) is 4.46. The van der Waals surface area contributed by atoms with Crippen molar-refractivity contribution in [1.29, 1.82) is 0 Å². The molecule has 0 radical (unpaired) electrons. The number of nitrogens with one attached hydrogen (secondary N) is 1. The summed E-state index contributed by atoms with van der Waals surface area (Å²) in [5.41, 5.74) is 1.03. The van der Waals surface area contributed by atoms with Gasteiger partial charge in [0.15, 0.2) is 0 Å². The van der Waals surface area contributed by atoms with Crippen LogP contribution in [0, 0.1) is 11.7 Å². The lowest BCUT2D eigenvalue weighted by molar-refractivity contribution is 0.250. The molecule has 0 heterocycles. The minimum atomic E-state index is -0.179. The summed E-state index contributed by atoms with van der Waals surface area (Å²) in [6.07, 6.45) is 2.47. The molecular formula is C14H20FNOS. The Morgan fingerprint density at radius 3 is 2.94 bits per heavy atom. The molecule has 1 saturated carbocycles. The number of hydrogen-bond donors (Lipinski definition) is 2. The lowest BCUT2D eigenvalue weighted by Gasteiger charge is -2.12. The average molecular weight is 269 g/mol. The zero-order chi connectivity index (χ0) is 13.0. The first-order chi connectivity index (χ1) is 8.69. The molecule has 2 N–H and O–H groups in total. The van der Waals surface area contributed by atoms with Gasteiger partial charge in [0, 0.05) is 29.8 Å². The van der Waals surface area contributed by atoms with Crippen LogP contribution in [0.4, 0.5) is 4.39 Å². The third-order valence-electron chi connectivity index (χ3n) is 3.02. The predicted octanol–water partition coefficient (Wildman–Crippen LogP) is 2.80. The first kappa shape index (κ1) is 13.8. The minimum absolute atomic E-state index is 0.179. The van der Waals surface area contributed by atoms with Crippen molar-refractivity contribution in [3.05, 3.63) is 29.6 Å². The molecule has 18 heavy (non-hydrogen) atoms. The van der Waals surface area contributed by atoms with Crippen LogP contribution in [0.1, 0.15) is 25.3 Å². The van der Waals surface area contributed by atoms with Gasteiger partial charge >= 0.3 is 0 Å². The van der Waals surface area contributed by atoms with Gasteiger partial charge in [0.05, 0.1) is 0 Å². The second-order valence-electron chi connectivity index (χ2n) is 5.01. The van der Waals surface area contributed by atoms with E-state index in [1.165, 1.54) is 18.9 Å². The van der Waals surface area contributed by atoms with Gasteiger partial charge in [-0.15, -0.1) is 11.8 Å². The summed E-state index contributed by atoms with van der Waals surface area (Å²) in [6.45, 7) is 2.95. The van der Waals surface area contributed by atoms with Crippen LogP contribution in [0.3, 0.4) is 0 Å². The number of rotatable bonds is 7. The van der Waals surface area contributed by atoms with Crippen LogP contribution in [0.15, 0.2) is 23.1 Å². The molecule has 1 fully saturated rings. The highest BCUT2D eigenvalue weighted by Crippen LogP contribution is 2.27. The minimum Gasteiger partial charge on any atom is -0.396 e. The van der Waals surface area contributed by atoms with Crippen molar-refractivity contribution in [2.45, 2.75) is 37.2 Å². The number of halogens is 1. The van der Waals surface area contributed by atoms with E-state index in [4.69, 9.17) is 5.11 Å². The SMILES string of the molecule is CC(CO)CSc1ccc(F)cc1CNC1CC1. The van der Waals surface area contributed by atoms with Crippen LogP contribution in [0.2, 0.25) is 0 Å². The zero-order valence-corrected chi connectivity index (χ0v) is 11.5. The first-order valence-corrected chi connectivity index (χ1v) is 7.43. The summed E-state index contributed by atoms with van der Waals surface area (Å²) in [7, 11) is 0. The molecule has 4 heteroatoms. The largest absolute Gasteiger partial charge is 0.396 e. The predicted molar refractivity (Wildman–Crippen MR) is 73.2 cm³/mol. The van der Waals surface area contributed by atoms with Gasteiger partial charge in [-0.3, -0.25) is 0 Å². The van der Waals surface area contributed by atoms with Crippen molar-refractivity contribution in [3.8, 4) is 0 Å². The van der Waals surface area contributed by atoms with Crippen LogP contribution in [0.25, 0.3) is 0 Å². The molecule has 0 aromatic heterocycles. The number of hydrogen-bond acceptors (Lipinski definition) is 3.